The summed E-state index contributed by atoms with van der Waals surface area (Å²) < 4.78 is 10.8. The van der Waals surface area contributed by atoms with E-state index in [1.54, 1.807) is 43.5 Å². The molecule has 150 valence electrons. The van der Waals surface area contributed by atoms with Crippen LogP contribution in [0.2, 0.25) is 5.02 Å². The van der Waals surface area contributed by atoms with E-state index in [4.69, 9.17) is 33.0 Å². The fourth-order valence-corrected chi connectivity index (χ4v) is 3.72. The molecule has 8 heteroatoms. The average molecular weight is 446 g/mol. The Labute approximate surface area is 184 Å². The number of hydrogen-bond donors (Lipinski definition) is 2. The number of furan rings is 1. The second kappa shape index (κ2) is 10.9. The van der Waals surface area contributed by atoms with Gasteiger partial charge in [-0.2, -0.15) is 5.10 Å². The van der Waals surface area contributed by atoms with Crippen LogP contribution in [-0.2, 0) is 11.5 Å². The van der Waals surface area contributed by atoms with Crippen LogP contribution < -0.4 is 15.5 Å². The van der Waals surface area contributed by atoms with E-state index < -0.39 is 0 Å². The van der Waals surface area contributed by atoms with E-state index in [9.17, 15) is 0 Å². The van der Waals surface area contributed by atoms with Crippen LogP contribution in [0.15, 0.2) is 70.4 Å². The summed E-state index contributed by atoms with van der Waals surface area (Å²) in [7, 11) is 1.67. The topological polar surface area (TPSA) is 58.8 Å². The lowest BCUT2D eigenvalue weighted by atomic mass is 10.1. The lowest BCUT2D eigenvalue weighted by Gasteiger charge is -2.09. The van der Waals surface area contributed by atoms with E-state index in [0.717, 1.165) is 39.8 Å². The number of hydrazone groups is 1. The van der Waals surface area contributed by atoms with E-state index in [0.29, 0.717) is 10.1 Å². The molecule has 0 spiro atoms. The van der Waals surface area contributed by atoms with E-state index >= 15 is 0 Å². The smallest absolute Gasteiger partial charge is 0.191 e. The quantitative estimate of drug-likeness (QED) is 0.263. The molecule has 2 aromatic carbocycles. The van der Waals surface area contributed by atoms with Crippen LogP contribution in [0.25, 0.3) is 0 Å². The van der Waals surface area contributed by atoms with Gasteiger partial charge in [-0.15, -0.1) is 11.8 Å². The summed E-state index contributed by atoms with van der Waals surface area (Å²) in [5.74, 6) is 3.41. The molecule has 0 atom stereocenters. The van der Waals surface area contributed by atoms with Gasteiger partial charge in [-0.25, -0.2) is 0 Å². The maximum absolute atomic E-state index is 5.88. The van der Waals surface area contributed by atoms with Crippen LogP contribution in [0.4, 0.5) is 5.69 Å². The van der Waals surface area contributed by atoms with Crippen LogP contribution >= 0.6 is 35.6 Å². The monoisotopic (exact) mass is 445 g/mol. The van der Waals surface area contributed by atoms with Crippen molar-refractivity contribution in [2.24, 2.45) is 5.10 Å². The molecule has 0 saturated carbocycles. The molecule has 5 nitrogen and oxygen atoms in total. The van der Waals surface area contributed by atoms with Gasteiger partial charge in [-0.05, 0) is 72.4 Å². The minimum atomic E-state index is 0.395. The maximum Gasteiger partial charge on any atom is 0.191 e. The second-order valence-electron chi connectivity index (χ2n) is 5.97. The zero-order valence-electron chi connectivity index (χ0n) is 15.7. The summed E-state index contributed by atoms with van der Waals surface area (Å²) in [6, 6.07) is 17.1. The number of nitrogens with one attached hydrogen (secondary N) is 2. The first-order valence-electron chi connectivity index (χ1n) is 8.76. The van der Waals surface area contributed by atoms with E-state index in [1.807, 2.05) is 36.4 Å². The van der Waals surface area contributed by atoms with Gasteiger partial charge in [0.1, 0.15) is 11.5 Å². The van der Waals surface area contributed by atoms with Crippen LogP contribution in [-0.4, -0.2) is 18.4 Å². The molecule has 0 amide bonds. The molecule has 0 unspecified atom stereocenters. The predicted molar refractivity (Wildman–Crippen MR) is 125 cm³/mol. The van der Waals surface area contributed by atoms with Crippen molar-refractivity contribution < 1.29 is 9.15 Å². The number of nitrogens with zero attached hydrogens (tertiary/aromatic N) is 1. The molecular weight excluding hydrogens is 426 g/mol. The Morgan fingerprint density at radius 2 is 2.03 bits per heavy atom. The standard InChI is InChI=1S/C21H20ClN3O2S2/c1-26-20-9-4-15(11-16(20)13-29-14-19-3-2-10-27-19)12-23-25-21(28)24-18-7-5-17(22)6-8-18/h2-12H,13-14H2,1H3,(H2,24,25,28)/b23-12-. The van der Waals surface area contributed by atoms with Gasteiger partial charge in [0, 0.05) is 22.0 Å². The van der Waals surface area contributed by atoms with Gasteiger partial charge >= 0.3 is 0 Å². The van der Waals surface area contributed by atoms with Crippen LogP contribution in [0, 0.1) is 0 Å². The number of thiocarbonyl (C=S) groups is 1. The Morgan fingerprint density at radius 3 is 2.76 bits per heavy atom. The Balaban J connectivity index is 1.55. The zero-order chi connectivity index (χ0) is 20.5. The first kappa shape index (κ1) is 21.2. The fraction of sp³-hybridized carbons (Fsp3) is 0.143. The van der Waals surface area contributed by atoms with Crippen molar-refractivity contribution in [1.82, 2.24) is 5.43 Å². The highest BCUT2D eigenvalue weighted by atomic mass is 35.5. The van der Waals surface area contributed by atoms with Crippen LogP contribution in [0.1, 0.15) is 16.9 Å². The lowest BCUT2D eigenvalue weighted by molar-refractivity contribution is 0.411. The van der Waals surface area contributed by atoms with Crippen LogP contribution in [0.3, 0.4) is 0 Å². The Bertz CT molecular complexity index is 961. The number of ether oxygens (including phenoxy) is 1. The minimum absolute atomic E-state index is 0.395. The number of hydrogen-bond acceptors (Lipinski definition) is 5. The summed E-state index contributed by atoms with van der Waals surface area (Å²) in [6.07, 6.45) is 3.41. The zero-order valence-corrected chi connectivity index (χ0v) is 18.1. The lowest BCUT2D eigenvalue weighted by Crippen LogP contribution is -2.23. The molecule has 1 heterocycles. The van der Waals surface area contributed by atoms with Crippen LogP contribution in [0.5, 0.6) is 5.75 Å². The summed E-state index contributed by atoms with van der Waals surface area (Å²) in [5, 5.41) is 8.31. The number of anilines is 1. The minimum Gasteiger partial charge on any atom is -0.496 e. The van der Waals surface area contributed by atoms with Crippen molar-refractivity contribution in [3.05, 3.63) is 82.8 Å². The van der Waals surface area contributed by atoms with Gasteiger partial charge in [0.2, 0.25) is 0 Å². The molecule has 0 saturated heterocycles. The average Bonchev–Trinajstić information content (AvgIpc) is 3.23. The van der Waals surface area contributed by atoms with E-state index in [2.05, 4.69) is 21.9 Å². The number of benzene rings is 2. The molecule has 0 aliphatic rings. The van der Waals surface area contributed by atoms with Gasteiger partial charge in [0.15, 0.2) is 5.11 Å². The highest BCUT2D eigenvalue weighted by Gasteiger charge is 2.05. The van der Waals surface area contributed by atoms with Crippen molar-refractivity contribution in [1.29, 1.82) is 0 Å². The highest BCUT2D eigenvalue weighted by molar-refractivity contribution is 7.97. The molecule has 0 bridgehead atoms. The second-order valence-corrected chi connectivity index (χ2v) is 7.80. The molecule has 3 aromatic rings. The summed E-state index contributed by atoms with van der Waals surface area (Å²) in [6.45, 7) is 0. The van der Waals surface area contributed by atoms with Crippen molar-refractivity contribution >= 4 is 52.6 Å². The molecule has 0 radical (unpaired) electrons. The molecule has 2 N–H and O–H groups in total. The third-order valence-corrected chi connectivity index (χ3v) is 5.32. The first-order valence-corrected chi connectivity index (χ1v) is 10.7. The van der Waals surface area contributed by atoms with Crippen molar-refractivity contribution in [3.8, 4) is 5.75 Å². The van der Waals surface area contributed by atoms with Gasteiger partial charge in [0.25, 0.3) is 0 Å². The number of thioether (sulfide) groups is 1. The molecule has 0 fully saturated rings. The third-order valence-electron chi connectivity index (χ3n) is 3.87. The largest absolute Gasteiger partial charge is 0.496 e. The molecule has 1 aromatic heterocycles. The SMILES string of the molecule is COc1ccc(/C=N\NC(=S)Nc2ccc(Cl)cc2)cc1CSCc1ccco1. The van der Waals surface area contributed by atoms with E-state index in [-0.39, 0.29) is 0 Å². The Hall–Kier alpha value is -2.48. The molecule has 29 heavy (non-hydrogen) atoms. The highest BCUT2D eigenvalue weighted by Crippen LogP contribution is 2.26. The summed E-state index contributed by atoms with van der Waals surface area (Å²) >= 11 is 12.9. The van der Waals surface area contributed by atoms with Crippen molar-refractivity contribution in [2.45, 2.75) is 11.5 Å². The van der Waals surface area contributed by atoms with Gasteiger partial charge in [0.05, 0.1) is 25.3 Å². The Morgan fingerprint density at radius 1 is 1.21 bits per heavy atom. The van der Waals surface area contributed by atoms with Crippen molar-refractivity contribution in [3.63, 3.8) is 0 Å². The summed E-state index contributed by atoms with van der Waals surface area (Å²) in [4.78, 5) is 0. The normalized spacial score (nSPS) is 10.8. The molecular formula is C21H20ClN3O2S2. The van der Waals surface area contributed by atoms with Gasteiger partial charge in [-0.1, -0.05) is 11.6 Å². The maximum atomic E-state index is 5.88. The predicted octanol–water partition coefficient (Wildman–Crippen LogP) is 5.70. The number of halogens is 1. The van der Waals surface area contributed by atoms with Gasteiger partial charge in [-0.3, -0.25) is 5.43 Å². The molecule has 0 aliphatic heterocycles. The Kier molecular flexibility index (Phi) is 7.98. The molecule has 0 aliphatic carbocycles. The first-order chi connectivity index (χ1) is 14.1. The molecule has 3 rings (SSSR count). The third kappa shape index (κ3) is 6.81. The van der Waals surface area contributed by atoms with E-state index in [1.165, 1.54) is 0 Å². The van der Waals surface area contributed by atoms with Crippen molar-refractivity contribution in [2.75, 3.05) is 12.4 Å². The summed E-state index contributed by atoms with van der Waals surface area (Å²) in [5.41, 5.74) is 5.69. The van der Waals surface area contributed by atoms with Gasteiger partial charge < -0.3 is 14.5 Å². The fourth-order valence-electron chi connectivity index (χ4n) is 2.51. The number of methoxy groups -OCH3 is 1. The number of rotatable bonds is 8.